The SMILES string of the molecule is Cc1cc(F)c(F)cc1C.Fc1cc(CBr)c(CBr)cc1F.[B]=NS. The second kappa shape index (κ2) is 12.6. The van der Waals surface area contributed by atoms with Crippen LogP contribution in [0.25, 0.3) is 0 Å². The Morgan fingerprint density at radius 2 is 1.04 bits per heavy atom. The van der Waals surface area contributed by atoms with Gasteiger partial charge in [-0.2, -0.15) is 0 Å². The number of hydrogen-bond acceptors (Lipinski definition) is 2. The number of halogens is 6. The topological polar surface area (TPSA) is 12.4 Å². The third-order valence-electron chi connectivity index (χ3n) is 3.07. The average Bonchev–Trinajstić information content (AvgIpc) is 2.56. The fourth-order valence-electron chi connectivity index (χ4n) is 1.62. The van der Waals surface area contributed by atoms with Crippen LogP contribution < -0.4 is 0 Å². The Morgan fingerprint density at radius 3 is 1.28 bits per heavy atom. The van der Waals surface area contributed by atoms with Crippen molar-refractivity contribution in [2.24, 2.45) is 4.30 Å². The van der Waals surface area contributed by atoms with Crippen molar-refractivity contribution >= 4 is 52.3 Å². The quantitative estimate of drug-likeness (QED) is 0.209. The molecule has 0 spiro atoms. The molecule has 0 bridgehead atoms. The van der Waals surface area contributed by atoms with Crippen molar-refractivity contribution in [2.45, 2.75) is 24.5 Å². The number of nitrogens with zero attached hydrogens (tertiary/aromatic N) is 1. The fraction of sp³-hybridized carbons (Fsp3) is 0.250. The van der Waals surface area contributed by atoms with Crippen molar-refractivity contribution in [1.29, 1.82) is 0 Å². The predicted molar refractivity (Wildman–Crippen MR) is 105 cm³/mol. The number of benzene rings is 2. The summed E-state index contributed by atoms with van der Waals surface area (Å²) in [6, 6.07) is 4.82. The van der Waals surface area contributed by atoms with E-state index in [9.17, 15) is 17.6 Å². The minimum atomic E-state index is -0.797. The Morgan fingerprint density at radius 1 is 0.800 bits per heavy atom. The van der Waals surface area contributed by atoms with Crippen LogP contribution in [0.2, 0.25) is 0 Å². The van der Waals surface area contributed by atoms with Crippen molar-refractivity contribution < 1.29 is 17.6 Å². The number of hydrogen-bond donors (Lipinski definition) is 1. The molecule has 2 aromatic rings. The van der Waals surface area contributed by atoms with Crippen LogP contribution in [0.5, 0.6) is 0 Å². The van der Waals surface area contributed by atoms with Gasteiger partial charge in [0, 0.05) is 10.7 Å². The summed E-state index contributed by atoms with van der Waals surface area (Å²) in [5.74, 6) is -3.14. The van der Waals surface area contributed by atoms with E-state index in [2.05, 4.69) is 56.6 Å². The van der Waals surface area contributed by atoms with Gasteiger partial charge in [-0.1, -0.05) is 31.9 Å². The summed E-state index contributed by atoms with van der Waals surface area (Å²) in [6.45, 7) is 3.50. The van der Waals surface area contributed by atoms with Gasteiger partial charge in [-0.3, -0.25) is 0 Å². The molecular formula is C16H15BBr2F4NS. The molecule has 2 aromatic carbocycles. The Hall–Kier alpha value is -0.665. The first-order chi connectivity index (χ1) is 11.7. The number of rotatable bonds is 2. The van der Waals surface area contributed by atoms with Gasteiger partial charge in [0.25, 0.3) is 0 Å². The van der Waals surface area contributed by atoms with Crippen LogP contribution in [0.3, 0.4) is 0 Å². The number of alkyl halides is 2. The van der Waals surface area contributed by atoms with Crippen LogP contribution in [-0.4, -0.2) is 7.64 Å². The van der Waals surface area contributed by atoms with Gasteiger partial charge in [-0.05, 0) is 60.4 Å². The Bertz CT molecular complexity index is 638. The zero-order valence-electron chi connectivity index (χ0n) is 13.5. The fourth-order valence-corrected chi connectivity index (χ4v) is 2.67. The zero-order chi connectivity index (χ0) is 19.6. The Balaban J connectivity index is 0.000000403. The predicted octanol–water partition coefficient (Wildman–Crippen LogP) is 6.52. The molecule has 0 unspecified atom stereocenters. The second-order valence-corrected chi connectivity index (χ2v) is 6.12. The standard InChI is InChI=1S/C8H6Br2F2.C8H8F2.BHNS/c9-3-5-1-7(11)8(12)2-6(5)4-10;1-5-3-7(9)8(10)4-6(5)2;1-2-3/h1-2H,3-4H2;3-4H,1-2H3;3H. The van der Waals surface area contributed by atoms with Crippen molar-refractivity contribution in [3.8, 4) is 0 Å². The second-order valence-electron chi connectivity index (χ2n) is 4.77. The molecule has 1 radical (unpaired) electrons. The summed E-state index contributed by atoms with van der Waals surface area (Å²) in [6.07, 6.45) is 0. The molecule has 135 valence electrons. The van der Waals surface area contributed by atoms with E-state index >= 15 is 0 Å². The maximum atomic E-state index is 12.7. The summed E-state index contributed by atoms with van der Waals surface area (Å²) >= 11 is 9.59. The van der Waals surface area contributed by atoms with Crippen molar-refractivity contribution in [2.75, 3.05) is 0 Å². The third-order valence-corrected chi connectivity index (χ3v) is 4.28. The molecule has 0 N–H and O–H groups in total. The van der Waals surface area contributed by atoms with Gasteiger partial charge >= 0.3 is 24.8 Å². The molecule has 2 rings (SSSR count). The van der Waals surface area contributed by atoms with Crippen molar-refractivity contribution in [3.05, 3.63) is 69.8 Å². The van der Waals surface area contributed by atoms with Gasteiger partial charge in [0.2, 0.25) is 0 Å². The van der Waals surface area contributed by atoms with Crippen LogP contribution in [-0.2, 0) is 10.7 Å². The van der Waals surface area contributed by atoms with Gasteiger partial charge < -0.3 is 0 Å². The van der Waals surface area contributed by atoms with E-state index in [-0.39, 0.29) is 0 Å². The summed E-state index contributed by atoms with van der Waals surface area (Å²) in [7, 11) is 4.34. The first-order valence-electron chi connectivity index (χ1n) is 6.77. The summed E-state index contributed by atoms with van der Waals surface area (Å²) in [5.41, 5.74) is 3.09. The van der Waals surface area contributed by atoms with E-state index in [1.165, 1.54) is 24.3 Å². The monoisotopic (exact) mass is 498 g/mol. The molecule has 0 heterocycles. The van der Waals surface area contributed by atoms with Crippen LogP contribution >= 0.6 is 44.7 Å². The Kier molecular flexibility index (Phi) is 12.3. The molecular weight excluding hydrogens is 485 g/mol. The van der Waals surface area contributed by atoms with Crippen LogP contribution in [0, 0.1) is 37.1 Å². The molecule has 0 atom stereocenters. The van der Waals surface area contributed by atoms with E-state index in [1.807, 2.05) is 0 Å². The van der Waals surface area contributed by atoms with Crippen molar-refractivity contribution in [1.82, 2.24) is 0 Å². The van der Waals surface area contributed by atoms with E-state index in [0.29, 0.717) is 10.7 Å². The normalized spacial score (nSPS) is 9.44. The molecule has 0 fully saturated rings. The van der Waals surface area contributed by atoms with Gasteiger partial charge in [0.1, 0.15) is 0 Å². The first kappa shape index (κ1) is 24.3. The van der Waals surface area contributed by atoms with Crippen molar-refractivity contribution in [3.63, 3.8) is 0 Å². The molecule has 0 aliphatic heterocycles. The van der Waals surface area contributed by atoms with Gasteiger partial charge in [0.15, 0.2) is 23.3 Å². The molecule has 0 aliphatic rings. The van der Waals surface area contributed by atoms with E-state index < -0.39 is 23.3 Å². The molecule has 9 heteroatoms. The summed E-state index contributed by atoms with van der Waals surface area (Å²) < 4.78 is 52.8. The average molecular weight is 500 g/mol. The summed E-state index contributed by atoms with van der Waals surface area (Å²) in [5, 5.41) is 1.07. The van der Waals surface area contributed by atoms with E-state index in [4.69, 9.17) is 0 Å². The van der Waals surface area contributed by atoms with Gasteiger partial charge in [-0.25, -0.2) is 17.6 Å². The summed E-state index contributed by atoms with van der Waals surface area (Å²) in [4.78, 5) is 0. The molecule has 0 amide bonds. The maximum absolute atomic E-state index is 12.7. The Labute approximate surface area is 168 Å². The van der Waals surface area contributed by atoms with E-state index in [0.717, 1.165) is 22.3 Å². The number of thiol groups is 1. The molecule has 0 saturated carbocycles. The minimum absolute atomic E-state index is 0.533. The zero-order valence-corrected chi connectivity index (χ0v) is 17.5. The number of aryl methyl sites for hydroxylation is 2. The van der Waals surface area contributed by atoms with Crippen LogP contribution in [0.4, 0.5) is 17.6 Å². The van der Waals surface area contributed by atoms with Crippen LogP contribution in [0.1, 0.15) is 22.3 Å². The van der Waals surface area contributed by atoms with Crippen LogP contribution in [0.15, 0.2) is 28.6 Å². The molecule has 0 saturated heterocycles. The molecule has 0 aliphatic carbocycles. The molecule has 25 heavy (non-hydrogen) atoms. The van der Waals surface area contributed by atoms with Gasteiger partial charge in [0.05, 0.1) is 0 Å². The molecule has 1 nitrogen and oxygen atoms in total. The van der Waals surface area contributed by atoms with E-state index in [1.54, 1.807) is 13.8 Å². The first-order valence-corrected chi connectivity index (χ1v) is 9.41. The molecule has 0 aromatic heterocycles. The third kappa shape index (κ3) is 8.51. The van der Waals surface area contributed by atoms with Gasteiger partial charge in [-0.15, -0.1) is 0 Å².